The molecule has 1 aliphatic heterocycles. The Morgan fingerprint density at radius 1 is 1.11 bits per heavy atom. The first kappa shape index (κ1) is 14.1. The number of hydrogen-bond donors (Lipinski definition) is 1. The number of rotatable bonds is 8. The van der Waals surface area contributed by atoms with Crippen LogP contribution in [0.4, 0.5) is 0 Å². The van der Waals surface area contributed by atoms with Gasteiger partial charge in [-0.15, -0.1) is 0 Å². The molecular formula is C13H18O6. The summed E-state index contributed by atoms with van der Waals surface area (Å²) in [6.07, 6.45) is -0.201. The topological polar surface area (TPSA) is 69.7 Å². The molecule has 0 spiro atoms. The van der Waals surface area contributed by atoms with Gasteiger partial charge in [0.2, 0.25) is 0 Å². The van der Waals surface area contributed by atoms with Crippen molar-refractivity contribution < 1.29 is 28.8 Å². The maximum atomic E-state index is 9.00. The second-order valence-corrected chi connectivity index (χ2v) is 4.09. The van der Waals surface area contributed by atoms with Gasteiger partial charge in [0.1, 0.15) is 12.2 Å². The van der Waals surface area contributed by atoms with Crippen LogP contribution in [0.3, 0.4) is 0 Å². The Morgan fingerprint density at radius 3 is 2.37 bits per heavy atom. The van der Waals surface area contributed by atoms with E-state index in [2.05, 4.69) is 0 Å². The van der Waals surface area contributed by atoms with E-state index in [0.29, 0.717) is 11.5 Å². The number of ether oxygens (including phenoxy) is 5. The summed E-state index contributed by atoms with van der Waals surface area (Å²) in [5.41, 5.74) is 0.940. The number of aliphatic hydroxyl groups excluding tert-OH is 1. The third-order valence-electron chi connectivity index (χ3n) is 2.72. The molecule has 0 bridgehead atoms. The van der Waals surface area contributed by atoms with Crippen LogP contribution in [-0.4, -0.2) is 45.6 Å². The number of aliphatic hydroxyl groups is 1. The summed E-state index contributed by atoms with van der Waals surface area (Å²) >= 11 is 0. The van der Waals surface area contributed by atoms with E-state index in [1.54, 1.807) is 20.3 Å². The number of methoxy groups -OCH3 is 2. The molecule has 106 valence electrons. The molecule has 0 aromatic heterocycles. The average molecular weight is 270 g/mol. The highest BCUT2D eigenvalue weighted by molar-refractivity contribution is 5.44. The third-order valence-corrected chi connectivity index (χ3v) is 2.72. The van der Waals surface area contributed by atoms with Crippen LogP contribution in [0, 0.1) is 0 Å². The van der Waals surface area contributed by atoms with Crippen molar-refractivity contribution in [3.8, 4) is 11.5 Å². The quantitative estimate of drug-likeness (QED) is 0.563. The molecule has 2 rings (SSSR count). The lowest BCUT2D eigenvalue weighted by Crippen LogP contribution is -2.05. The lowest BCUT2D eigenvalue weighted by molar-refractivity contribution is 0.0322. The fourth-order valence-corrected chi connectivity index (χ4v) is 1.75. The Balaban J connectivity index is 2.10. The summed E-state index contributed by atoms with van der Waals surface area (Å²) in [7, 11) is 3.10. The van der Waals surface area contributed by atoms with E-state index in [1.807, 2.05) is 12.1 Å². The molecule has 1 fully saturated rings. The SMILES string of the molecule is COCOc1ccc(C2OC2CO)cc1OCOC. The van der Waals surface area contributed by atoms with Crippen molar-refractivity contribution in [2.45, 2.75) is 12.2 Å². The van der Waals surface area contributed by atoms with Crippen molar-refractivity contribution in [1.29, 1.82) is 0 Å². The van der Waals surface area contributed by atoms with Gasteiger partial charge in [-0.3, -0.25) is 0 Å². The summed E-state index contributed by atoms with van der Waals surface area (Å²) < 4.78 is 25.9. The Bertz CT molecular complexity index is 408. The summed E-state index contributed by atoms with van der Waals surface area (Å²) in [4.78, 5) is 0. The molecule has 0 saturated carbocycles. The van der Waals surface area contributed by atoms with Crippen LogP contribution < -0.4 is 9.47 Å². The van der Waals surface area contributed by atoms with Gasteiger partial charge < -0.3 is 28.8 Å². The third kappa shape index (κ3) is 3.57. The number of benzene rings is 1. The maximum Gasteiger partial charge on any atom is 0.188 e. The normalized spacial score (nSPS) is 21.2. The van der Waals surface area contributed by atoms with Gasteiger partial charge in [0, 0.05) is 14.2 Å². The molecule has 1 heterocycles. The van der Waals surface area contributed by atoms with Crippen LogP contribution in [0.2, 0.25) is 0 Å². The van der Waals surface area contributed by atoms with Gasteiger partial charge in [-0.1, -0.05) is 6.07 Å². The second-order valence-electron chi connectivity index (χ2n) is 4.09. The largest absolute Gasteiger partial charge is 0.464 e. The lowest BCUT2D eigenvalue weighted by atomic mass is 10.1. The zero-order valence-electron chi connectivity index (χ0n) is 11.0. The van der Waals surface area contributed by atoms with Crippen molar-refractivity contribution in [3.63, 3.8) is 0 Å². The number of epoxide rings is 1. The van der Waals surface area contributed by atoms with Crippen molar-refractivity contribution in [2.75, 3.05) is 34.4 Å². The zero-order chi connectivity index (χ0) is 13.7. The fraction of sp³-hybridized carbons (Fsp3) is 0.538. The van der Waals surface area contributed by atoms with Crippen molar-refractivity contribution in [1.82, 2.24) is 0 Å². The van der Waals surface area contributed by atoms with Gasteiger partial charge in [0.25, 0.3) is 0 Å². The molecule has 19 heavy (non-hydrogen) atoms. The monoisotopic (exact) mass is 270 g/mol. The minimum atomic E-state index is -0.124. The van der Waals surface area contributed by atoms with E-state index in [9.17, 15) is 0 Å². The Morgan fingerprint density at radius 2 is 1.79 bits per heavy atom. The Labute approximate surface area is 111 Å². The van der Waals surface area contributed by atoms with E-state index in [0.717, 1.165) is 5.56 Å². The van der Waals surface area contributed by atoms with E-state index in [4.69, 9.17) is 28.8 Å². The van der Waals surface area contributed by atoms with Gasteiger partial charge in [0.05, 0.1) is 6.61 Å². The van der Waals surface area contributed by atoms with E-state index < -0.39 is 0 Å². The number of hydrogen-bond acceptors (Lipinski definition) is 6. The minimum Gasteiger partial charge on any atom is -0.464 e. The Hall–Kier alpha value is -1.34. The van der Waals surface area contributed by atoms with Crippen LogP contribution in [0.15, 0.2) is 18.2 Å². The molecule has 0 radical (unpaired) electrons. The van der Waals surface area contributed by atoms with Crippen LogP contribution in [0.5, 0.6) is 11.5 Å². The van der Waals surface area contributed by atoms with Crippen LogP contribution in [-0.2, 0) is 14.2 Å². The molecule has 0 aliphatic carbocycles. The maximum absolute atomic E-state index is 9.00. The molecule has 1 aromatic rings. The first-order valence-electron chi connectivity index (χ1n) is 5.94. The molecule has 6 nitrogen and oxygen atoms in total. The summed E-state index contributed by atoms with van der Waals surface area (Å²) in [6, 6.07) is 5.49. The van der Waals surface area contributed by atoms with E-state index in [-0.39, 0.29) is 32.4 Å². The zero-order valence-corrected chi connectivity index (χ0v) is 11.0. The molecule has 1 N–H and O–H groups in total. The fourth-order valence-electron chi connectivity index (χ4n) is 1.75. The van der Waals surface area contributed by atoms with Gasteiger partial charge in [0.15, 0.2) is 25.1 Å². The highest BCUT2D eigenvalue weighted by Crippen LogP contribution is 2.41. The van der Waals surface area contributed by atoms with Crippen LogP contribution in [0.25, 0.3) is 0 Å². The van der Waals surface area contributed by atoms with E-state index >= 15 is 0 Å². The van der Waals surface area contributed by atoms with Crippen molar-refractivity contribution in [2.24, 2.45) is 0 Å². The minimum absolute atomic E-state index is 0.0147. The molecule has 6 heteroatoms. The summed E-state index contributed by atoms with van der Waals surface area (Å²) in [5.74, 6) is 1.13. The predicted molar refractivity (Wildman–Crippen MR) is 66.1 cm³/mol. The van der Waals surface area contributed by atoms with Gasteiger partial charge in [-0.2, -0.15) is 0 Å². The van der Waals surface area contributed by atoms with Crippen LogP contribution in [0.1, 0.15) is 11.7 Å². The molecule has 0 amide bonds. The highest BCUT2D eigenvalue weighted by atomic mass is 16.7. The molecule has 1 saturated heterocycles. The van der Waals surface area contributed by atoms with Crippen molar-refractivity contribution >= 4 is 0 Å². The first-order chi connectivity index (χ1) is 9.30. The summed E-state index contributed by atoms with van der Waals surface area (Å²) in [5, 5.41) is 9.00. The smallest absolute Gasteiger partial charge is 0.188 e. The van der Waals surface area contributed by atoms with Crippen molar-refractivity contribution in [3.05, 3.63) is 23.8 Å². The second kappa shape index (κ2) is 6.72. The molecular weight excluding hydrogens is 252 g/mol. The molecule has 2 atom stereocenters. The van der Waals surface area contributed by atoms with E-state index in [1.165, 1.54) is 0 Å². The molecule has 1 aliphatic rings. The Kier molecular flexibility index (Phi) is 4.98. The molecule has 2 unspecified atom stereocenters. The average Bonchev–Trinajstić information content (AvgIpc) is 3.22. The van der Waals surface area contributed by atoms with Gasteiger partial charge in [-0.05, 0) is 17.7 Å². The standard InChI is InChI=1S/C13H18O6/c1-15-7-17-10-4-3-9(13-12(6-14)19-13)5-11(10)18-8-16-2/h3-5,12-14H,6-8H2,1-2H3. The predicted octanol–water partition coefficient (Wildman–Crippen LogP) is 1.08. The molecule has 1 aromatic carbocycles. The summed E-state index contributed by atoms with van der Waals surface area (Å²) in [6.45, 7) is 0.282. The highest BCUT2D eigenvalue weighted by Gasteiger charge is 2.39. The van der Waals surface area contributed by atoms with Crippen LogP contribution >= 0.6 is 0 Å². The first-order valence-corrected chi connectivity index (χ1v) is 5.94. The lowest BCUT2D eigenvalue weighted by Gasteiger charge is -2.12. The van der Waals surface area contributed by atoms with Gasteiger partial charge in [-0.25, -0.2) is 0 Å². The van der Waals surface area contributed by atoms with Gasteiger partial charge >= 0.3 is 0 Å².